The molecule has 0 spiro atoms. The number of benzene rings is 3. The number of ether oxygens (including phenoxy) is 1. The third-order valence-corrected chi connectivity index (χ3v) is 6.87. The number of hydrogen-bond donors (Lipinski definition) is 1. The van der Waals surface area contributed by atoms with E-state index in [1.54, 1.807) is 42.5 Å². The topological polar surface area (TPSA) is 79.7 Å². The minimum Gasteiger partial charge on any atom is -0.507 e. The summed E-state index contributed by atoms with van der Waals surface area (Å²) in [6.45, 7) is 2.34. The van der Waals surface area contributed by atoms with Crippen LogP contribution < -0.4 is 9.64 Å². The smallest absolute Gasteiger partial charge is 0.301 e. The summed E-state index contributed by atoms with van der Waals surface area (Å²) < 4.78 is 19.9. The summed E-state index contributed by atoms with van der Waals surface area (Å²) >= 11 is 7.30. The zero-order valence-electron chi connectivity index (χ0n) is 18.4. The molecule has 1 N–H and O–H groups in total. The monoisotopic (exact) mass is 508 g/mol. The maximum atomic E-state index is 13.7. The minimum atomic E-state index is -1.00. The van der Waals surface area contributed by atoms with E-state index in [-0.39, 0.29) is 16.5 Å². The molecule has 9 heteroatoms. The number of carbonyl (C=O) groups excluding carboxylic acids is 2. The molecule has 0 radical (unpaired) electrons. The van der Waals surface area contributed by atoms with E-state index in [2.05, 4.69) is 4.98 Å². The molecule has 1 unspecified atom stereocenters. The van der Waals surface area contributed by atoms with Crippen molar-refractivity contribution in [3.05, 3.63) is 94.3 Å². The molecule has 0 aliphatic carbocycles. The van der Waals surface area contributed by atoms with Crippen molar-refractivity contribution in [1.29, 1.82) is 0 Å². The Labute approximate surface area is 208 Å². The van der Waals surface area contributed by atoms with Crippen LogP contribution in [-0.4, -0.2) is 28.4 Å². The number of hydrogen-bond acceptors (Lipinski definition) is 6. The Morgan fingerprint density at radius 3 is 2.51 bits per heavy atom. The average Bonchev–Trinajstić information content (AvgIpc) is 3.37. The maximum Gasteiger partial charge on any atom is 0.301 e. The van der Waals surface area contributed by atoms with Gasteiger partial charge in [-0.05, 0) is 67.1 Å². The predicted octanol–water partition coefficient (Wildman–Crippen LogP) is 6.11. The number of anilines is 1. The van der Waals surface area contributed by atoms with Gasteiger partial charge in [0.2, 0.25) is 0 Å². The number of carbonyl (C=O) groups is 2. The van der Waals surface area contributed by atoms with Crippen LogP contribution in [0.2, 0.25) is 5.02 Å². The number of ketones is 1. The van der Waals surface area contributed by atoms with Gasteiger partial charge in [0.05, 0.1) is 28.4 Å². The van der Waals surface area contributed by atoms with E-state index < -0.39 is 23.5 Å². The second-order valence-electron chi connectivity index (χ2n) is 7.79. The van der Waals surface area contributed by atoms with Crippen molar-refractivity contribution in [1.82, 2.24) is 4.98 Å². The number of fused-ring (bicyclic) bond motifs is 1. The molecule has 176 valence electrons. The Hall–Kier alpha value is -3.75. The van der Waals surface area contributed by atoms with Crippen molar-refractivity contribution in [2.45, 2.75) is 13.0 Å². The van der Waals surface area contributed by atoms with Crippen molar-refractivity contribution in [3.63, 3.8) is 0 Å². The molecule has 4 aromatic rings. The first-order chi connectivity index (χ1) is 16.9. The van der Waals surface area contributed by atoms with Gasteiger partial charge >= 0.3 is 5.91 Å². The highest BCUT2D eigenvalue weighted by Crippen LogP contribution is 2.44. The molecule has 1 aliphatic rings. The van der Waals surface area contributed by atoms with Crippen LogP contribution in [0.15, 0.2) is 72.3 Å². The van der Waals surface area contributed by atoms with Gasteiger partial charge < -0.3 is 9.84 Å². The molecule has 2 heterocycles. The van der Waals surface area contributed by atoms with Gasteiger partial charge in [0.1, 0.15) is 17.3 Å². The first-order valence-corrected chi connectivity index (χ1v) is 11.9. The van der Waals surface area contributed by atoms with Crippen LogP contribution in [0.5, 0.6) is 5.75 Å². The Bertz CT molecular complexity index is 1480. The number of thiazole rings is 1. The fraction of sp³-hybridized carbons (Fsp3) is 0.115. The van der Waals surface area contributed by atoms with Gasteiger partial charge in [-0.25, -0.2) is 9.37 Å². The molecule has 3 aromatic carbocycles. The Morgan fingerprint density at radius 2 is 1.83 bits per heavy atom. The van der Waals surface area contributed by atoms with Crippen LogP contribution in [-0.2, 0) is 9.59 Å². The van der Waals surface area contributed by atoms with Crippen LogP contribution >= 0.6 is 22.9 Å². The zero-order valence-corrected chi connectivity index (χ0v) is 19.9. The molecule has 1 aliphatic heterocycles. The van der Waals surface area contributed by atoms with Crippen molar-refractivity contribution < 1.29 is 23.8 Å². The second kappa shape index (κ2) is 9.13. The third-order valence-electron chi connectivity index (χ3n) is 5.61. The fourth-order valence-electron chi connectivity index (χ4n) is 4.01. The summed E-state index contributed by atoms with van der Waals surface area (Å²) in [4.78, 5) is 32.3. The first-order valence-electron chi connectivity index (χ1n) is 10.7. The average molecular weight is 509 g/mol. The summed E-state index contributed by atoms with van der Waals surface area (Å²) in [5, 5.41) is 12.0. The van der Waals surface area contributed by atoms with Crippen LogP contribution in [0, 0.1) is 5.82 Å². The lowest BCUT2D eigenvalue weighted by atomic mass is 9.95. The molecule has 5 rings (SSSR count). The van der Waals surface area contributed by atoms with Crippen LogP contribution in [0.25, 0.3) is 16.0 Å². The molecule has 35 heavy (non-hydrogen) atoms. The standard InChI is InChI=1S/C26H18ClFN2O4S/c1-2-34-18-10-5-15(6-11-18)23(31)21-22(14-3-8-17(28)9-4-14)30(25(33)24(21)32)26-29-19-12-7-16(27)13-20(19)35-26/h3-13,22,31H,2H2,1H3. The van der Waals surface area contributed by atoms with E-state index in [1.807, 2.05) is 6.92 Å². The quantitative estimate of drug-likeness (QED) is 0.200. The molecule has 6 nitrogen and oxygen atoms in total. The number of halogens is 2. The molecule has 0 bridgehead atoms. The number of Topliss-reactive ketones (excluding diaryl/α,β-unsaturated/α-hetero) is 1. The number of aromatic nitrogens is 1. The van der Waals surface area contributed by atoms with Crippen LogP contribution in [0.4, 0.5) is 9.52 Å². The van der Waals surface area contributed by atoms with E-state index in [4.69, 9.17) is 16.3 Å². The van der Waals surface area contributed by atoms with Gasteiger partial charge in [-0.15, -0.1) is 0 Å². The fourth-order valence-corrected chi connectivity index (χ4v) is 5.28. The number of amides is 1. The van der Waals surface area contributed by atoms with Crippen LogP contribution in [0.1, 0.15) is 24.1 Å². The lowest BCUT2D eigenvalue weighted by Gasteiger charge is -2.23. The highest BCUT2D eigenvalue weighted by atomic mass is 35.5. The van der Waals surface area contributed by atoms with E-state index in [0.717, 1.165) is 4.70 Å². The molecule has 1 atom stereocenters. The lowest BCUT2D eigenvalue weighted by molar-refractivity contribution is -0.132. The molecule has 1 fully saturated rings. The molecule has 1 aromatic heterocycles. The Balaban J connectivity index is 1.68. The first kappa shape index (κ1) is 23.0. The van der Waals surface area contributed by atoms with Gasteiger partial charge in [0.25, 0.3) is 5.78 Å². The summed E-state index contributed by atoms with van der Waals surface area (Å²) in [5.41, 5.74) is 1.30. The molecule has 1 saturated heterocycles. The molecular weight excluding hydrogens is 491 g/mol. The van der Waals surface area contributed by atoms with E-state index in [1.165, 1.54) is 40.5 Å². The van der Waals surface area contributed by atoms with Gasteiger partial charge in [0, 0.05) is 10.6 Å². The SMILES string of the molecule is CCOc1ccc(C(O)=C2C(=O)C(=O)N(c3nc4ccc(Cl)cc4s3)C2c2ccc(F)cc2)cc1. The normalized spacial score (nSPS) is 17.3. The van der Waals surface area contributed by atoms with E-state index >= 15 is 0 Å². The van der Waals surface area contributed by atoms with E-state index in [0.29, 0.717) is 34.0 Å². The van der Waals surface area contributed by atoms with Crippen LogP contribution in [0.3, 0.4) is 0 Å². The minimum absolute atomic E-state index is 0.108. The summed E-state index contributed by atoms with van der Waals surface area (Å²) in [6, 6.07) is 16.1. The van der Waals surface area contributed by atoms with Gasteiger partial charge in [-0.2, -0.15) is 0 Å². The van der Waals surface area contributed by atoms with Gasteiger partial charge in [0.15, 0.2) is 5.13 Å². The third kappa shape index (κ3) is 4.15. The lowest BCUT2D eigenvalue weighted by Crippen LogP contribution is -2.29. The second-order valence-corrected chi connectivity index (χ2v) is 9.23. The Morgan fingerprint density at radius 1 is 1.11 bits per heavy atom. The van der Waals surface area contributed by atoms with Crippen molar-refractivity contribution in [3.8, 4) is 5.75 Å². The number of aliphatic hydroxyl groups is 1. The summed E-state index contributed by atoms with van der Waals surface area (Å²) in [5.74, 6) is -1.90. The summed E-state index contributed by atoms with van der Waals surface area (Å²) in [6.07, 6.45) is 0. The predicted molar refractivity (Wildman–Crippen MR) is 133 cm³/mol. The highest BCUT2D eigenvalue weighted by Gasteiger charge is 2.48. The maximum absolute atomic E-state index is 13.7. The van der Waals surface area contributed by atoms with Crippen molar-refractivity contribution in [2.75, 3.05) is 11.5 Å². The zero-order chi connectivity index (χ0) is 24.7. The van der Waals surface area contributed by atoms with Gasteiger partial charge in [-0.1, -0.05) is 35.1 Å². The highest BCUT2D eigenvalue weighted by molar-refractivity contribution is 7.22. The molecule has 1 amide bonds. The summed E-state index contributed by atoms with van der Waals surface area (Å²) in [7, 11) is 0. The molecular formula is C26H18ClFN2O4S. The number of nitrogens with zero attached hydrogens (tertiary/aromatic N) is 2. The Kier molecular flexibility index (Phi) is 6.00. The molecule has 0 saturated carbocycles. The van der Waals surface area contributed by atoms with E-state index in [9.17, 15) is 19.1 Å². The van der Waals surface area contributed by atoms with Crippen molar-refractivity contribution in [2.24, 2.45) is 0 Å². The van der Waals surface area contributed by atoms with Gasteiger partial charge in [-0.3, -0.25) is 14.5 Å². The van der Waals surface area contributed by atoms with Crippen molar-refractivity contribution >= 4 is 55.7 Å². The number of rotatable bonds is 5. The number of aliphatic hydroxyl groups excluding tert-OH is 1. The largest absolute Gasteiger partial charge is 0.507 e.